The Bertz CT molecular complexity index is 285. The van der Waals surface area contributed by atoms with E-state index >= 15 is 0 Å². The summed E-state index contributed by atoms with van der Waals surface area (Å²) in [7, 11) is 0. The maximum Gasteiger partial charge on any atom is 0.360 e. The lowest BCUT2D eigenvalue weighted by molar-refractivity contribution is 0.0514. The topological polar surface area (TPSA) is 52.3 Å². The summed E-state index contributed by atoms with van der Waals surface area (Å²) >= 11 is 1.61. The zero-order chi connectivity index (χ0) is 9.68. The Labute approximate surface area is 80.6 Å². The Morgan fingerprint density at radius 3 is 3.15 bits per heavy atom. The highest BCUT2D eigenvalue weighted by molar-refractivity contribution is 7.97. The maximum atomic E-state index is 11.1. The van der Waals surface area contributed by atoms with E-state index < -0.39 is 5.97 Å². The average Bonchev–Trinajstić information content (AvgIpc) is 2.54. The van der Waals surface area contributed by atoms with Gasteiger partial charge in [0.2, 0.25) is 0 Å². The van der Waals surface area contributed by atoms with Crippen LogP contribution < -0.4 is 0 Å². The van der Waals surface area contributed by atoms with Crippen LogP contribution in [0.2, 0.25) is 0 Å². The number of carbonyl (C=O) groups excluding carboxylic acids is 1. The molecule has 0 atom stereocenters. The third-order valence-corrected chi connectivity index (χ3v) is 1.90. The number of rotatable bonds is 4. The van der Waals surface area contributed by atoms with Gasteiger partial charge in [-0.15, -0.1) is 0 Å². The van der Waals surface area contributed by atoms with Crippen molar-refractivity contribution in [1.82, 2.24) is 5.16 Å². The first-order chi connectivity index (χ1) is 6.27. The molecule has 0 spiro atoms. The fraction of sp³-hybridized carbons (Fsp3) is 0.500. The van der Waals surface area contributed by atoms with Crippen molar-refractivity contribution < 1.29 is 14.1 Å². The standard InChI is InChI=1S/C8H11NO3S/c1-3-11-8(10)7-4-6(5-13-2)12-9-7/h4H,3,5H2,1-2H3. The lowest BCUT2D eigenvalue weighted by Crippen LogP contribution is -2.04. The first kappa shape index (κ1) is 10.1. The molecule has 0 saturated carbocycles. The number of aromatic nitrogens is 1. The molecule has 0 radical (unpaired) electrons. The number of carbonyl (C=O) groups is 1. The van der Waals surface area contributed by atoms with Gasteiger partial charge in [0.15, 0.2) is 5.69 Å². The van der Waals surface area contributed by atoms with Crippen molar-refractivity contribution in [2.45, 2.75) is 12.7 Å². The monoisotopic (exact) mass is 201 g/mol. The van der Waals surface area contributed by atoms with Gasteiger partial charge >= 0.3 is 5.97 Å². The van der Waals surface area contributed by atoms with Crippen LogP contribution in [0.1, 0.15) is 23.2 Å². The number of esters is 1. The van der Waals surface area contributed by atoms with E-state index in [9.17, 15) is 4.79 Å². The van der Waals surface area contributed by atoms with Crippen LogP contribution in [0.3, 0.4) is 0 Å². The van der Waals surface area contributed by atoms with Gasteiger partial charge in [0, 0.05) is 6.07 Å². The van der Waals surface area contributed by atoms with Crippen molar-refractivity contribution in [3.8, 4) is 0 Å². The number of thioether (sulfide) groups is 1. The molecule has 13 heavy (non-hydrogen) atoms. The molecule has 0 N–H and O–H groups in total. The summed E-state index contributed by atoms with van der Waals surface area (Å²) in [6.07, 6.45) is 1.95. The van der Waals surface area contributed by atoms with E-state index in [2.05, 4.69) is 5.16 Å². The Balaban J connectivity index is 2.62. The second-order valence-corrected chi connectivity index (χ2v) is 3.20. The lowest BCUT2D eigenvalue weighted by atomic mass is 10.4. The third-order valence-electron chi connectivity index (χ3n) is 1.33. The third kappa shape index (κ3) is 2.77. The van der Waals surface area contributed by atoms with Crippen LogP contribution >= 0.6 is 11.8 Å². The minimum absolute atomic E-state index is 0.242. The van der Waals surface area contributed by atoms with E-state index in [1.54, 1.807) is 24.8 Å². The van der Waals surface area contributed by atoms with Crippen molar-refractivity contribution in [3.63, 3.8) is 0 Å². The van der Waals surface area contributed by atoms with E-state index in [1.165, 1.54) is 0 Å². The molecule has 0 amide bonds. The molecule has 0 fully saturated rings. The molecule has 4 nitrogen and oxygen atoms in total. The molecule has 0 bridgehead atoms. The molecule has 1 rings (SSSR count). The van der Waals surface area contributed by atoms with Gasteiger partial charge in [-0.3, -0.25) is 0 Å². The second-order valence-electron chi connectivity index (χ2n) is 2.33. The zero-order valence-corrected chi connectivity index (χ0v) is 8.39. The van der Waals surface area contributed by atoms with E-state index in [1.807, 2.05) is 6.26 Å². The molecule has 0 aromatic carbocycles. The van der Waals surface area contributed by atoms with Crippen molar-refractivity contribution in [2.75, 3.05) is 12.9 Å². The first-order valence-electron chi connectivity index (χ1n) is 3.89. The highest BCUT2D eigenvalue weighted by Crippen LogP contribution is 2.11. The number of hydrogen-bond acceptors (Lipinski definition) is 5. The van der Waals surface area contributed by atoms with E-state index in [-0.39, 0.29) is 5.69 Å². The number of hydrogen-bond donors (Lipinski definition) is 0. The summed E-state index contributed by atoms with van der Waals surface area (Å²) in [6, 6.07) is 1.61. The van der Waals surface area contributed by atoms with Gasteiger partial charge < -0.3 is 9.26 Å². The van der Waals surface area contributed by atoms with Crippen molar-refractivity contribution >= 4 is 17.7 Å². The van der Waals surface area contributed by atoms with Crippen LogP contribution in [0, 0.1) is 0 Å². The Morgan fingerprint density at radius 2 is 2.54 bits per heavy atom. The second kappa shape index (κ2) is 4.91. The molecule has 1 aromatic rings. The van der Waals surface area contributed by atoms with Crippen LogP contribution in [0.4, 0.5) is 0 Å². The minimum atomic E-state index is -0.432. The molecule has 1 heterocycles. The average molecular weight is 201 g/mol. The predicted octanol–water partition coefficient (Wildman–Crippen LogP) is 1.71. The van der Waals surface area contributed by atoms with E-state index in [0.717, 1.165) is 0 Å². The van der Waals surface area contributed by atoms with Gasteiger partial charge in [-0.2, -0.15) is 11.8 Å². The molecule has 1 aromatic heterocycles. The Kier molecular flexibility index (Phi) is 3.82. The van der Waals surface area contributed by atoms with Gasteiger partial charge in [-0.1, -0.05) is 5.16 Å². The van der Waals surface area contributed by atoms with Gasteiger partial charge in [-0.05, 0) is 13.2 Å². The molecule has 0 aliphatic rings. The van der Waals surface area contributed by atoms with Gasteiger partial charge in [0.05, 0.1) is 12.4 Å². The van der Waals surface area contributed by atoms with Crippen LogP contribution in [-0.2, 0) is 10.5 Å². The summed E-state index contributed by atoms with van der Waals surface area (Å²) in [5, 5.41) is 3.59. The van der Waals surface area contributed by atoms with E-state index in [4.69, 9.17) is 9.26 Å². The van der Waals surface area contributed by atoms with Crippen LogP contribution in [0.5, 0.6) is 0 Å². The summed E-state index contributed by atoms with van der Waals surface area (Å²) in [5.41, 5.74) is 0.242. The molecule has 0 aliphatic carbocycles. The minimum Gasteiger partial charge on any atom is -0.461 e. The van der Waals surface area contributed by atoms with Gasteiger partial charge in [0.1, 0.15) is 5.76 Å². The molecule has 0 aliphatic heterocycles. The zero-order valence-electron chi connectivity index (χ0n) is 7.57. The van der Waals surface area contributed by atoms with Gasteiger partial charge in [0.25, 0.3) is 0 Å². The maximum absolute atomic E-state index is 11.1. The predicted molar refractivity (Wildman–Crippen MR) is 49.7 cm³/mol. The van der Waals surface area contributed by atoms with Gasteiger partial charge in [-0.25, -0.2) is 4.79 Å². The van der Waals surface area contributed by atoms with Crippen molar-refractivity contribution in [2.24, 2.45) is 0 Å². The SMILES string of the molecule is CCOC(=O)c1cc(CSC)on1. The highest BCUT2D eigenvalue weighted by atomic mass is 32.2. The Hall–Kier alpha value is -0.970. The first-order valence-corrected chi connectivity index (χ1v) is 5.29. The summed E-state index contributed by atoms with van der Waals surface area (Å²) in [6.45, 7) is 2.10. The summed E-state index contributed by atoms with van der Waals surface area (Å²) in [4.78, 5) is 11.1. The van der Waals surface area contributed by atoms with Crippen molar-refractivity contribution in [1.29, 1.82) is 0 Å². The van der Waals surface area contributed by atoms with Crippen LogP contribution in [-0.4, -0.2) is 24.0 Å². The molecule has 5 heteroatoms. The number of ether oxygens (including phenoxy) is 1. The number of nitrogens with zero attached hydrogens (tertiary/aromatic N) is 1. The molecule has 0 unspecified atom stereocenters. The molecular formula is C8H11NO3S. The normalized spacial score (nSPS) is 10.0. The quantitative estimate of drug-likeness (QED) is 0.694. The van der Waals surface area contributed by atoms with Crippen molar-refractivity contribution in [3.05, 3.63) is 17.5 Å². The summed E-state index contributed by atoms with van der Waals surface area (Å²) < 4.78 is 9.65. The lowest BCUT2D eigenvalue weighted by Gasteiger charge is -1.94. The Morgan fingerprint density at radius 1 is 1.77 bits per heavy atom. The fourth-order valence-electron chi connectivity index (χ4n) is 0.825. The fourth-order valence-corrected chi connectivity index (χ4v) is 1.25. The summed E-state index contributed by atoms with van der Waals surface area (Å²) in [5.74, 6) is 0.973. The molecule has 0 saturated heterocycles. The van der Waals surface area contributed by atoms with Crippen LogP contribution in [0.25, 0.3) is 0 Å². The smallest absolute Gasteiger partial charge is 0.360 e. The molecule has 72 valence electrons. The van der Waals surface area contributed by atoms with Crippen LogP contribution in [0.15, 0.2) is 10.6 Å². The molecular weight excluding hydrogens is 190 g/mol. The van der Waals surface area contributed by atoms with E-state index in [0.29, 0.717) is 18.1 Å². The largest absolute Gasteiger partial charge is 0.461 e. The highest BCUT2D eigenvalue weighted by Gasteiger charge is 2.12.